The third-order valence-corrected chi connectivity index (χ3v) is 4.78. The monoisotopic (exact) mass is 367 g/mol. The van der Waals surface area contributed by atoms with Crippen molar-refractivity contribution in [1.82, 2.24) is 25.1 Å². The summed E-state index contributed by atoms with van der Waals surface area (Å²) < 4.78 is 6.65. The topological polar surface area (TPSA) is 107 Å². The number of para-hydroxylation sites is 1. The molecule has 0 bridgehead atoms. The first-order valence-corrected chi connectivity index (χ1v) is 8.63. The Labute approximate surface area is 154 Å². The molecule has 138 valence electrons. The Morgan fingerprint density at radius 1 is 1.07 bits per heavy atom. The number of hydrogen-bond acceptors (Lipinski definition) is 7. The predicted molar refractivity (Wildman–Crippen MR) is 91.0 cm³/mol. The molecule has 1 aromatic carbocycles. The lowest BCUT2D eigenvalue weighted by atomic mass is 9.85. The normalized spacial score (nSPS) is 21.4. The first kappa shape index (κ1) is 17.1. The molecule has 0 saturated carbocycles. The molecule has 0 N–H and O–H groups in total. The Kier molecular flexibility index (Phi) is 4.49. The first-order valence-electron chi connectivity index (χ1n) is 8.63. The number of benzene rings is 1. The number of allylic oxidation sites excluding steroid dienone is 2. The number of imide groups is 1. The van der Waals surface area contributed by atoms with Crippen molar-refractivity contribution in [1.29, 1.82) is 0 Å². The molecule has 2 heterocycles. The highest BCUT2D eigenvalue weighted by Crippen LogP contribution is 2.34. The minimum absolute atomic E-state index is 0.161. The lowest BCUT2D eigenvalue weighted by Crippen LogP contribution is -2.36. The molecule has 1 fully saturated rings. The van der Waals surface area contributed by atoms with Crippen LogP contribution in [0, 0.1) is 11.8 Å². The predicted octanol–water partition coefficient (Wildman–Crippen LogP) is 0.657. The summed E-state index contributed by atoms with van der Waals surface area (Å²) in [5.41, 5.74) is 0.732. The summed E-state index contributed by atoms with van der Waals surface area (Å²) in [5, 5.41) is 11.3. The van der Waals surface area contributed by atoms with Gasteiger partial charge in [0.15, 0.2) is 12.4 Å². The molecular weight excluding hydrogens is 350 g/mol. The highest BCUT2D eigenvalue weighted by atomic mass is 16.5. The van der Waals surface area contributed by atoms with Crippen LogP contribution in [0.4, 0.5) is 0 Å². The van der Waals surface area contributed by atoms with Crippen molar-refractivity contribution in [3.8, 4) is 5.69 Å². The van der Waals surface area contributed by atoms with E-state index in [0.29, 0.717) is 18.7 Å². The molecule has 0 radical (unpaired) electrons. The van der Waals surface area contributed by atoms with Crippen molar-refractivity contribution < 1.29 is 19.1 Å². The van der Waals surface area contributed by atoms with Crippen molar-refractivity contribution in [2.24, 2.45) is 11.8 Å². The second kappa shape index (κ2) is 7.10. The standard InChI is InChI=1S/C18H17N5O4/c24-16(10-22-17(25)13-8-4-5-9-14(13)18(22)26)27-11-15-19-20-21-23(15)12-6-2-1-3-7-12/h1-7,13-14H,8-11H2. The van der Waals surface area contributed by atoms with Gasteiger partial charge in [0.25, 0.3) is 0 Å². The SMILES string of the molecule is O=C(CN1C(=O)C2CC=CCC2C1=O)OCc1nnnn1-c1ccccc1. The van der Waals surface area contributed by atoms with Gasteiger partial charge in [-0.3, -0.25) is 19.3 Å². The van der Waals surface area contributed by atoms with Gasteiger partial charge in [0.05, 0.1) is 17.5 Å². The van der Waals surface area contributed by atoms with E-state index in [1.807, 2.05) is 42.5 Å². The van der Waals surface area contributed by atoms with Crippen LogP contribution in [0.15, 0.2) is 42.5 Å². The molecule has 27 heavy (non-hydrogen) atoms. The van der Waals surface area contributed by atoms with Gasteiger partial charge in [-0.2, -0.15) is 4.68 Å². The number of esters is 1. The van der Waals surface area contributed by atoms with Crippen LogP contribution in [-0.2, 0) is 25.7 Å². The maximum absolute atomic E-state index is 12.4. The highest BCUT2D eigenvalue weighted by Gasteiger charge is 2.47. The Bertz CT molecular complexity index is 881. The van der Waals surface area contributed by atoms with Crippen LogP contribution >= 0.6 is 0 Å². The molecule has 9 heteroatoms. The Morgan fingerprint density at radius 3 is 2.41 bits per heavy atom. The van der Waals surface area contributed by atoms with Crippen molar-refractivity contribution in [3.05, 3.63) is 48.3 Å². The van der Waals surface area contributed by atoms with Gasteiger partial charge in [-0.25, -0.2) is 0 Å². The molecule has 0 spiro atoms. The van der Waals surface area contributed by atoms with Crippen LogP contribution in [0.2, 0.25) is 0 Å². The van der Waals surface area contributed by atoms with Gasteiger partial charge < -0.3 is 4.74 Å². The summed E-state index contributed by atoms with van der Waals surface area (Å²) in [6.07, 6.45) is 4.87. The molecule has 2 amide bonds. The summed E-state index contributed by atoms with van der Waals surface area (Å²) in [7, 11) is 0. The fourth-order valence-corrected chi connectivity index (χ4v) is 3.41. The second-order valence-electron chi connectivity index (χ2n) is 6.42. The zero-order valence-corrected chi connectivity index (χ0v) is 14.4. The van der Waals surface area contributed by atoms with Gasteiger partial charge in [-0.1, -0.05) is 30.4 Å². The number of likely N-dealkylation sites (tertiary alicyclic amines) is 1. The van der Waals surface area contributed by atoms with Crippen LogP contribution in [0.3, 0.4) is 0 Å². The molecule has 1 aliphatic carbocycles. The summed E-state index contributed by atoms with van der Waals surface area (Å²) in [5.74, 6) is -1.67. The average Bonchev–Trinajstić information content (AvgIpc) is 3.26. The average molecular weight is 367 g/mol. The third kappa shape index (κ3) is 3.23. The van der Waals surface area contributed by atoms with E-state index in [4.69, 9.17) is 4.74 Å². The number of ether oxygens (including phenoxy) is 1. The van der Waals surface area contributed by atoms with Crippen LogP contribution < -0.4 is 0 Å². The quantitative estimate of drug-likeness (QED) is 0.434. The highest BCUT2D eigenvalue weighted by molar-refractivity contribution is 6.07. The summed E-state index contributed by atoms with van der Waals surface area (Å²) in [6.45, 7) is -0.553. The van der Waals surface area contributed by atoms with Crippen molar-refractivity contribution >= 4 is 17.8 Å². The number of aromatic nitrogens is 4. The van der Waals surface area contributed by atoms with Gasteiger partial charge >= 0.3 is 5.97 Å². The molecule has 2 aromatic rings. The number of carbonyl (C=O) groups excluding carboxylic acids is 3. The molecule has 1 aliphatic heterocycles. The van der Waals surface area contributed by atoms with Gasteiger partial charge in [-0.15, -0.1) is 5.10 Å². The van der Waals surface area contributed by atoms with Gasteiger partial charge in [-0.05, 0) is 35.4 Å². The fourth-order valence-electron chi connectivity index (χ4n) is 3.41. The van der Waals surface area contributed by atoms with E-state index in [2.05, 4.69) is 15.5 Å². The molecule has 2 unspecified atom stereocenters. The minimum Gasteiger partial charge on any atom is -0.456 e. The Balaban J connectivity index is 1.38. The van der Waals surface area contributed by atoms with E-state index in [9.17, 15) is 14.4 Å². The van der Waals surface area contributed by atoms with Crippen LogP contribution in [0.25, 0.3) is 5.69 Å². The van der Waals surface area contributed by atoms with Crippen molar-refractivity contribution in [2.75, 3.05) is 6.54 Å². The van der Waals surface area contributed by atoms with E-state index < -0.39 is 12.5 Å². The number of hydrogen-bond donors (Lipinski definition) is 0. The second-order valence-corrected chi connectivity index (χ2v) is 6.42. The van der Waals surface area contributed by atoms with Gasteiger partial charge in [0, 0.05) is 0 Å². The number of amides is 2. The number of nitrogens with zero attached hydrogens (tertiary/aromatic N) is 5. The van der Waals surface area contributed by atoms with Gasteiger partial charge in [0.2, 0.25) is 11.8 Å². The summed E-state index contributed by atoms with van der Waals surface area (Å²) in [4.78, 5) is 38.0. The maximum Gasteiger partial charge on any atom is 0.326 e. The fraction of sp³-hybridized carbons (Fsp3) is 0.333. The van der Waals surface area contributed by atoms with E-state index in [1.165, 1.54) is 4.68 Å². The Morgan fingerprint density at radius 2 is 1.74 bits per heavy atom. The molecule has 2 aliphatic rings. The lowest BCUT2D eigenvalue weighted by Gasteiger charge is -2.14. The minimum atomic E-state index is -0.675. The van der Waals surface area contributed by atoms with Crippen LogP contribution in [-0.4, -0.2) is 49.4 Å². The molecular formula is C18H17N5O4. The summed E-state index contributed by atoms with van der Waals surface area (Å²) in [6, 6.07) is 9.18. The number of tetrazole rings is 1. The van der Waals surface area contributed by atoms with Crippen molar-refractivity contribution in [3.63, 3.8) is 0 Å². The van der Waals surface area contributed by atoms with E-state index in [-0.39, 0.29) is 30.3 Å². The number of carbonyl (C=O) groups is 3. The van der Waals surface area contributed by atoms with E-state index >= 15 is 0 Å². The Hall–Kier alpha value is -3.36. The van der Waals surface area contributed by atoms with Crippen LogP contribution in [0.1, 0.15) is 18.7 Å². The van der Waals surface area contributed by atoms with Crippen molar-refractivity contribution in [2.45, 2.75) is 19.4 Å². The van der Waals surface area contributed by atoms with Gasteiger partial charge in [0.1, 0.15) is 6.54 Å². The third-order valence-electron chi connectivity index (χ3n) is 4.78. The first-order chi connectivity index (χ1) is 13.1. The smallest absolute Gasteiger partial charge is 0.326 e. The molecule has 1 saturated heterocycles. The van der Waals surface area contributed by atoms with Crippen LogP contribution in [0.5, 0.6) is 0 Å². The molecule has 9 nitrogen and oxygen atoms in total. The molecule has 4 rings (SSSR count). The summed E-state index contributed by atoms with van der Waals surface area (Å²) >= 11 is 0. The molecule has 1 aromatic heterocycles. The lowest BCUT2D eigenvalue weighted by molar-refractivity contribution is -0.154. The largest absolute Gasteiger partial charge is 0.456 e. The number of rotatable bonds is 5. The zero-order chi connectivity index (χ0) is 18.8. The zero-order valence-electron chi connectivity index (χ0n) is 14.4. The number of fused-ring (bicyclic) bond motifs is 1. The maximum atomic E-state index is 12.4. The van der Waals surface area contributed by atoms with E-state index in [0.717, 1.165) is 10.6 Å². The van der Waals surface area contributed by atoms with E-state index in [1.54, 1.807) is 0 Å². The molecule has 2 atom stereocenters.